The van der Waals surface area contributed by atoms with Crippen molar-refractivity contribution in [2.24, 2.45) is 5.73 Å². The zero-order chi connectivity index (χ0) is 15.9. The molecule has 1 rings (SSSR count). The molecule has 3 N–H and O–H groups in total. The molecule has 6 heteroatoms. The van der Waals surface area contributed by atoms with Gasteiger partial charge in [0.15, 0.2) is 0 Å². The van der Waals surface area contributed by atoms with Crippen molar-refractivity contribution in [1.29, 1.82) is 0 Å². The van der Waals surface area contributed by atoms with Gasteiger partial charge in [0.05, 0.1) is 11.5 Å². The summed E-state index contributed by atoms with van der Waals surface area (Å²) in [7, 11) is -3.52. The molecular weight excluding hydrogens is 288 g/mol. The molecule has 0 unspecified atom stereocenters. The largest absolute Gasteiger partial charge is 0.380 e. The lowest BCUT2D eigenvalue weighted by Gasteiger charge is -2.13. The van der Waals surface area contributed by atoms with Gasteiger partial charge in [0, 0.05) is 19.7 Å². The van der Waals surface area contributed by atoms with Crippen molar-refractivity contribution < 1.29 is 13.2 Å². The molecule has 0 aliphatic carbocycles. The molecule has 0 aliphatic heterocycles. The Morgan fingerprint density at radius 2 is 1.90 bits per heavy atom. The summed E-state index contributed by atoms with van der Waals surface area (Å²) in [6, 6.07) is 3.51. The van der Waals surface area contributed by atoms with Crippen LogP contribution in [0.25, 0.3) is 0 Å². The SMILES string of the molecule is CCCCOCCNS(=O)(=O)c1cc(CN)c(C)cc1C. The summed E-state index contributed by atoms with van der Waals surface area (Å²) in [4.78, 5) is 0.294. The molecule has 5 nitrogen and oxygen atoms in total. The lowest BCUT2D eigenvalue weighted by atomic mass is 10.1. The smallest absolute Gasteiger partial charge is 0.240 e. The average molecular weight is 314 g/mol. The normalized spacial score (nSPS) is 11.8. The molecule has 0 aliphatic rings. The summed E-state index contributed by atoms with van der Waals surface area (Å²) in [5.74, 6) is 0. The van der Waals surface area contributed by atoms with E-state index in [1.807, 2.05) is 13.0 Å². The van der Waals surface area contributed by atoms with Crippen LogP contribution in [0.3, 0.4) is 0 Å². The predicted molar refractivity (Wildman–Crippen MR) is 84.7 cm³/mol. The van der Waals surface area contributed by atoms with E-state index in [9.17, 15) is 8.42 Å². The number of hydrogen-bond donors (Lipinski definition) is 2. The van der Waals surface area contributed by atoms with Crippen LogP contribution < -0.4 is 10.5 Å². The first-order valence-electron chi connectivity index (χ1n) is 7.30. The fourth-order valence-electron chi connectivity index (χ4n) is 2.06. The Balaban J connectivity index is 2.70. The van der Waals surface area contributed by atoms with Crippen LogP contribution in [-0.4, -0.2) is 28.2 Å². The molecule has 1 aromatic rings. The second-order valence-electron chi connectivity index (χ2n) is 5.11. The van der Waals surface area contributed by atoms with Crippen LogP contribution >= 0.6 is 0 Å². The van der Waals surface area contributed by atoms with Crippen molar-refractivity contribution in [1.82, 2.24) is 4.72 Å². The van der Waals surface area contributed by atoms with Gasteiger partial charge in [-0.3, -0.25) is 0 Å². The molecule has 21 heavy (non-hydrogen) atoms. The zero-order valence-electron chi connectivity index (χ0n) is 13.1. The number of hydrogen-bond acceptors (Lipinski definition) is 4. The van der Waals surface area contributed by atoms with E-state index in [2.05, 4.69) is 11.6 Å². The maximum Gasteiger partial charge on any atom is 0.240 e. The van der Waals surface area contributed by atoms with Crippen molar-refractivity contribution in [2.45, 2.75) is 45.1 Å². The van der Waals surface area contributed by atoms with Crippen molar-refractivity contribution in [3.05, 3.63) is 28.8 Å². The summed E-state index contributed by atoms with van der Waals surface area (Å²) < 4.78 is 32.6. The van der Waals surface area contributed by atoms with E-state index in [0.717, 1.165) is 29.5 Å². The van der Waals surface area contributed by atoms with Gasteiger partial charge in [-0.2, -0.15) is 0 Å². The third-order valence-corrected chi connectivity index (χ3v) is 4.93. The molecule has 0 aromatic heterocycles. The molecule has 0 fully saturated rings. The van der Waals surface area contributed by atoms with Gasteiger partial charge in [0.25, 0.3) is 0 Å². The number of aryl methyl sites for hydroxylation is 2. The van der Waals surface area contributed by atoms with Crippen LogP contribution in [0.4, 0.5) is 0 Å². The molecule has 0 heterocycles. The van der Waals surface area contributed by atoms with Gasteiger partial charge in [-0.05, 0) is 43.0 Å². The minimum Gasteiger partial charge on any atom is -0.380 e. The first-order valence-corrected chi connectivity index (χ1v) is 8.78. The molecule has 1 aromatic carbocycles. The number of nitrogens with two attached hydrogens (primary N) is 1. The Kier molecular flexibility index (Phi) is 7.31. The van der Waals surface area contributed by atoms with Crippen LogP contribution in [0.1, 0.15) is 36.5 Å². The molecule has 0 saturated heterocycles. The summed E-state index contributed by atoms with van der Waals surface area (Å²) >= 11 is 0. The van der Waals surface area contributed by atoms with Crippen molar-refractivity contribution in [2.75, 3.05) is 19.8 Å². The highest BCUT2D eigenvalue weighted by Crippen LogP contribution is 2.20. The molecule has 120 valence electrons. The van der Waals surface area contributed by atoms with Crippen LogP contribution in [0, 0.1) is 13.8 Å². The summed E-state index contributed by atoms with van der Waals surface area (Å²) in [5, 5.41) is 0. The number of nitrogens with one attached hydrogen (secondary N) is 1. The number of benzene rings is 1. The van der Waals surface area contributed by atoms with E-state index in [0.29, 0.717) is 24.7 Å². The number of sulfonamides is 1. The summed E-state index contributed by atoms with van der Waals surface area (Å²) in [5.41, 5.74) is 8.23. The zero-order valence-corrected chi connectivity index (χ0v) is 13.9. The van der Waals surface area contributed by atoms with E-state index in [1.54, 1.807) is 13.0 Å². The molecular formula is C15H26N2O3S. The van der Waals surface area contributed by atoms with E-state index >= 15 is 0 Å². The Hall–Kier alpha value is -0.950. The van der Waals surface area contributed by atoms with E-state index in [4.69, 9.17) is 10.5 Å². The van der Waals surface area contributed by atoms with Gasteiger partial charge in [-0.25, -0.2) is 13.1 Å². The van der Waals surface area contributed by atoms with Crippen molar-refractivity contribution in [3.63, 3.8) is 0 Å². The highest BCUT2D eigenvalue weighted by molar-refractivity contribution is 7.89. The Bertz CT molecular complexity index is 556. The highest BCUT2D eigenvalue weighted by Gasteiger charge is 2.17. The van der Waals surface area contributed by atoms with Crippen molar-refractivity contribution >= 4 is 10.0 Å². The van der Waals surface area contributed by atoms with E-state index in [1.165, 1.54) is 0 Å². The third-order valence-electron chi connectivity index (χ3n) is 3.32. The lowest BCUT2D eigenvalue weighted by molar-refractivity contribution is 0.136. The number of ether oxygens (including phenoxy) is 1. The van der Waals surface area contributed by atoms with Crippen LogP contribution in [0.5, 0.6) is 0 Å². The first kappa shape index (κ1) is 18.1. The first-order chi connectivity index (χ1) is 9.92. The van der Waals surface area contributed by atoms with E-state index in [-0.39, 0.29) is 6.54 Å². The summed E-state index contributed by atoms with van der Waals surface area (Å²) in [6.07, 6.45) is 2.06. The van der Waals surface area contributed by atoms with Gasteiger partial charge in [0.1, 0.15) is 0 Å². The Morgan fingerprint density at radius 3 is 2.52 bits per heavy atom. The van der Waals surface area contributed by atoms with Crippen LogP contribution in [0.15, 0.2) is 17.0 Å². The summed E-state index contributed by atoms with van der Waals surface area (Å²) in [6.45, 7) is 7.46. The van der Waals surface area contributed by atoms with Gasteiger partial charge in [-0.15, -0.1) is 0 Å². The fourth-order valence-corrected chi connectivity index (χ4v) is 3.35. The van der Waals surface area contributed by atoms with Gasteiger partial charge >= 0.3 is 0 Å². The van der Waals surface area contributed by atoms with Crippen molar-refractivity contribution in [3.8, 4) is 0 Å². The second-order valence-corrected chi connectivity index (χ2v) is 6.85. The highest BCUT2D eigenvalue weighted by atomic mass is 32.2. The fraction of sp³-hybridized carbons (Fsp3) is 0.600. The Labute approximate surface area is 127 Å². The monoisotopic (exact) mass is 314 g/mol. The van der Waals surface area contributed by atoms with Gasteiger partial charge in [-0.1, -0.05) is 19.4 Å². The topological polar surface area (TPSA) is 81.4 Å². The lowest BCUT2D eigenvalue weighted by Crippen LogP contribution is -2.28. The van der Waals surface area contributed by atoms with Crippen LogP contribution in [0.2, 0.25) is 0 Å². The van der Waals surface area contributed by atoms with Crippen LogP contribution in [-0.2, 0) is 21.3 Å². The number of unbranched alkanes of at least 4 members (excludes halogenated alkanes) is 1. The second kappa shape index (κ2) is 8.48. The number of rotatable bonds is 9. The van der Waals surface area contributed by atoms with Gasteiger partial charge in [0.2, 0.25) is 10.0 Å². The standard InChI is InChI=1S/C15H26N2O3S/c1-4-5-7-20-8-6-17-21(18,19)15-10-14(11-16)12(2)9-13(15)3/h9-10,17H,4-8,11,16H2,1-3H3. The maximum atomic E-state index is 12.3. The molecule has 0 atom stereocenters. The third kappa shape index (κ3) is 5.39. The molecule has 0 radical (unpaired) electrons. The maximum absolute atomic E-state index is 12.3. The molecule has 0 amide bonds. The predicted octanol–water partition coefficient (Wildman–Crippen LogP) is 1.86. The minimum absolute atomic E-state index is 0.275. The Morgan fingerprint density at radius 1 is 1.19 bits per heavy atom. The van der Waals surface area contributed by atoms with E-state index < -0.39 is 10.0 Å². The molecule has 0 bridgehead atoms. The minimum atomic E-state index is -3.52. The molecule has 0 spiro atoms. The average Bonchev–Trinajstić information content (AvgIpc) is 2.42. The molecule has 0 saturated carbocycles. The quantitative estimate of drug-likeness (QED) is 0.682. The van der Waals surface area contributed by atoms with Gasteiger partial charge < -0.3 is 10.5 Å².